The summed E-state index contributed by atoms with van der Waals surface area (Å²) in [6, 6.07) is 0. The Morgan fingerprint density at radius 3 is 2.36 bits per heavy atom. The van der Waals surface area contributed by atoms with Crippen LogP contribution in [-0.4, -0.2) is 26.3 Å². The molecule has 0 bridgehead atoms. The number of piperidine rings is 1. The van der Waals surface area contributed by atoms with Gasteiger partial charge in [-0.25, -0.2) is 0 Å². The minimum absolute atomic E-state index is 0. The second-order valence-electron chi connectivity index (χ2n) is 4.10. The van der Waals surface area contributed by atoms with Crippen LogP contribution in [0.2, 0.25) is 0 Å². The van der Waals surface area contributed by atoms with Gasteiger partial charge in [0.15, 0.2) is 0 Å². The maximum atomic E-state index is 5.33. The smallest absolute Gasteiger partial charge is 0.0529 e. The van der Waals surface area contributed by atoms with E-state index in [1.807, 2.05) is 0 Å². The highest BCUT2D eigenvalue weighted by atomic mass is 35.5. The quantitative estimate of drug-likeness (QED) is 0.715. The van der Waals surface area contributed by atoms with E-state index in [4.69, 9.17) is 4.74 Å². The maximum absolute atomic E-state index is 5.33. The number of allylic oxidation sites excluding steroid dienone is 1. The molecule has 0 aromatic carbocycles. The fourth-order valence-corrected chi connectivity index (χ4v) is 2.06. The lowest BCUT2D eigenvalue weighted by molar-refractivity contribution is 0.191. The Kier molecular flexibility index (Phi) is 5.53. The summed E-state index contributed by atoms with van der Waals surface area (Å²) in [4.78, 5) is 0. The van der Waals surface area contributed by atoms with Crippen LogP contribution >= 0.6 is 12.4 Å². The van der Waals surface area contributed by atoms with Crippen LogP contribution in [0, 0.1) is 11.8 Å². The van der Waals surface area contributed by atoms with Crippen molar-refractivity contribution < 1.29 is 4.74 Å². The minimum atomic E-state index is 0. The monoisotopic (exact) mass is 217 g/mol. The first-order valence-electron chi connectivity index (χ1n) is 5.42. The van der Waals surface area contributed by atoms with Crippen molar-refractivity contribution in [3.05, 3.63) is 12.2 Å². The fraction of sp³-hybridized carbons (Fsp3) is 0.818. The second kappa shape index (κ2) is 6.44. The van der Waals surface area contributed by atoms with Gasteiger partial charge in [0.05, 0.1) is 6.61 Å². The zero-order valence-corrected chi connectivity index (χ0v) is 9.39. The normalized spacial score (nSPS) is 29.3. The predicted octanol–water partition coefficient (Wildman–Crippen LogP) is 2.00. The molecule has 1 unspecified atom stereocenters. The first kappa shape index (κ1) is 12.0. The molecular weight excluding hydrogens is 198 g/mol. The average Bonchev–Trinajstić information content (AvgIpc) is 2.69. The van der Waals surface area contributed by atoms with Crippen LogP contribution in [0.15, 0.2) is 12.2 Å². The van der Waals surface area contributed by atoms with Crippen molar-refractivity contribution in [2.45, 2.75) is 19.3 Å². The summed E-state index contributed by atoms with van der Waals surface area (Å²) < 4.78 is 5.33. The van der Waals surface area contributed by atoms with Crippen LogP contribution in [0.5, 0.6) is 0 Å². The fourth-order valence-electron chi connectivity index (χ4n) is 2.06. The largest absolute Gasteiger partial charge is 0.381 e. The zero-order valence-electron chi connectivity index (χ0n) is 8.58. The molecule has 1 N–H and O–H groups in total. The lowest BCUT2D eigenvalue weighted by Crippen LogP contribution is -2.26. The third-order valence-electron chi connectivity index (χ3n) is 3.00. The van der Waals surface area contributed by atoms with Crippen molar-refractivity contribution in [3.8, 4) is 0 Å². The summed E-state index contributed by atoms with van der Waals surface area (Å²) in [5.41, 5.74) is 0. The predicted molar refractivity (Wildman–Crippen MR) is 60.9 cm³/mol. The number of rotatable bonds is 2. The molecule has 3 heteroatoms. The van der Waals surface area contributed by atoms with Gasteiger partial charge in [-0.05, 0) is 38.3 Å². The molecule has 0 amide bonds. The van der Waals surface area contributed by atoms with Crippen LogP contribution in [0.4, 0.5) is 0 Å². The Balaban J connectivity index is 0.000000980. The van der Waals surface area contributed by atoms with Gasteiger partial charge in [0.2, 0.25) is 0 Å². The van der Waals surface area contributed by atoms with E-state index in [1.165, 1.54) is 32.4 Å². The molecule has 0 saturated carbocycles. The van der Waals surface area contributed by atoms with Gasteiger partial charge < -0.3 is 10.1 Å². The number of nitrogens with one attached hydrogen (secondary N) is 1. The highest BCUT2D eigenvalue weighted by Crippen LogP contribution is 2.18. The summed E-state index contributed by atoms with van der Waals surface area (Å²) in [5.74, 6) is 1.52. The van der Waals surface area contributed by atoms with Crippen molar-refractivity contribution in [2.24, 2.45) is 11.8 Å². The molecular formula is C11H20ClNO. The SMILES string of the molecule is C(=C\C1CCOC1)/C1CCNCC1.Cl. The summed E-state index contributed by atoms with van der Waals surface area (Å²) in [6.07, 6.45) is 8.64. The van der Waals surface area contributed by atoms with Gasteiger partial charge in [-0.2, -0.15) is 0 Å². The maximum Gasteiger partial charge on any atom is 0.0529 e. The van der Waals surface area contributed by atoms with E-state index in [9.17, 15) is 0 Å². The van der Waals surface area contributed by atoms with Crippen LogP contribution in [0.25, 0.3) is 0 Å². The molecule has 2 rings (SSSR count). The van der Waals surface area contributed by atoms with Crippen molar-refractivity contribution in [1.82, 2.24) is 5.32 Å². The molecule has 2 aliphatic heterocycles. The van der Waals surface area contributed by atoms with E-state index in [-0.39, 0.29) is 12.4 Å². The number of ether oxygens (including phenoxy) is 1. The van der Waals surface area contributed by atoms with Gasteiger partial charge in [0.25, 0.3) is 0 Å². The lowest BCUT2D eigenvalue weighted by atomic mass is 9.95. The zero-order chi connectivity index (χ0) is 8.93. The second-order valence-corrected chi connectivity index (χ2v) is 4.10. The van der Waals surface area contributed by atoms with Crippen LogP contribution < -0.4 is 5.32 Å². The molecule has 0 aromatic heterocycles. The van der Waals surface area contributed by atoms with Gasteiger partial charge >= 0.3 is 0 Å². The molecule has 2 aliphatic rings. The first-order valence-corrected chi connectivity index (χ1v) is 5.42. The Labute approximate surface area is 92.5 Å². The molecule has 2 heterocycles. The van der Waals surface area contributed by atoms with E-state index in [0.29, 0.717) is 5.92 Å². The van der Waals surface area contributed by atoms with E-state index < -0.39 is 0 Å². The van der Waals surface area contributed by atoms with Gasteiger partial charge in [-0.3, -0.25) is 0 Å². The summed E-state index contributed by atoms with van der Waals surface area (Å²) in [7, 11) is 0. The molecule has 0 aromatic rings. The van der Waals surface area contributed by atoms with E-state index in [1.54, 1.807) is 0 Å². The molecule has 2 fully saturated rings. The molecule has 14 heavy (non-hydrogen) atoms. The highest BCUT2D eigenvalue weighted by molar-refractivity contribution is 5.85. The molecule has 0 aliphatic carbocycles. The van der Waals surface area contributed by atoms with Gasteiger partial charge in [0, 0.05) is 12.5 Å². The first-order chi connectivity index (χ1) is 6.45. The molecule has 1 atom stereocenters. The standard InChI is InChI=1S/C11H19NO.ClH/c1(2-11-5-8-13-9-11)10-3-6-12-7-4-10;/h1-2,10-12H,3-9H2;1H/b2-1+;. The van der Waals surface area contributed by atoms with Gasteiger partial charge in [-0.1, -0.05) is 12.2 Å². The Morgan fingerprint density at radius 1 is 1.00 bits per heavy atom. The van der Waals surface area contributed by atoms with Crippen molar-refractivity contribution in [1.29, 1.82) is 0 Å². The van der Waals surface area contributed by atoms with Crippen LogP contribution in [0.3, 0.4) is 0 Å². The van der Waals surface area contributed by atoms with Crippen molar-refractivity contribution in [2.75, 3.05) is 26.3 Å². The van der Waals surface area contributed by atoms with Crippen molar-refractivity contribution >= 4 is 12.4 Å². The third-order valence-corrected chi connectivity index (χ3v) is 3.00. The van der Waals surface area contributed by atoms with E-state index in [2.05, 4.69) is 17.5 Å². The molecule has 2 nitrogen and oxygen atoms in total. The lowest BCUT2D eigenvalue weighted by Gasteiger charge is -2.19. The van der Waals surface area contributed by atoms with Crippen LogP contribution in [0.1, 0.15) is 19.3 Å². The molecule has 0 spiro atoms. The summed E-state index contributed by atoms with van der Waals surface area (Å²) >= 11 is 0. The van der Waals surface area contributed by atoms with E-state index >= 15 is 0 Å². The Morgan fingerprint density at radius 2 is 1.71 bits per heavy atom. The summed E-state index contributed by atoms with van der Waals surface area (Å²) in [5, 5.41) is 3.38. The highest BCUT2D eigenvalue weighted by Gasteiger charge is 2.14. The number of hydrogen-bond acceptors (Lipinski definition) is 2. The number of halogens is 1. The van der Waals surface area contributed by atoms with Gasteiger partial charge in [-0.15, -0.1) is 12.4 Å². The van der Waals surface area contributed by atoms with Crippen LogP contribution in [-0.2, 0) is 4.74 Å². The minimum Gasteiger partial charge on any atom is -0.381 e. The number of hydrogen-bond donors (Lipinski definition) is 1. The Hall–Kier alpha value is -0.0500. The molecule has 0 radical (unpaired) electrons. The topological polar surface area (TPSA) is 21.3 Å². The van der Waals surface area contributed by atoms with Crippen molar-refractivity contribution in [3.63, 3.8) is 0 Å². The third kappa shape index (κ3) is 3.60. The average molecular weight is 218 g/mol. The van der Waals surface area contributed by atoms with Gasteiger partial charge in [0.1, 0.15) is 0 Å². The summed E-state index contributed by atoms with van der Waals surface area (Å²) in [6.45, 7) is 4.29. The Bertz CT molecular complexity index is 172. The molecule has 2 saturated heterocycles. The molecule has 82 valence electrons. The van der Waals surface area contributed by atoms with E-state index in [0.717, 1.165) is 19.1 Å².